The van der Waals surface area contributed by atoms with Crippen LogP contribution in [0.3, 0.4) is 0 Å². The van der Waals surface area contributed by atoms with E-state index < -0.39 is 0 Å². The van der Waals surface area contributed by atoms with Gasteiger partial charge in [-0.1, -0.05) is 19.3 Å². The number of thiophene rings is 1. The van der Waals surface area contributed by atoms with E-state index in [0.29, 0.717) is 0 Å². The SMILES string of the molecule is N#Cc1csc(CNC2CCCCCC2O)c1. The summed E-state index contributed by atoms with van der Waals surface area (Å²) >= 11 is 1.60. The Morgan fingerprint density at radius 3 is 3.00 bits per heavy atom. The summed E-state index contributed by atoms with van der Waals surface area (Å²) in [4.78, 5) is 1.16. The summed E-state index contributed by atoms with van der Waals surface area (Å²) in [6, 6.07) is 4.27. The second kappa shape index (κ2) is 6.15. The van der Waals surface area contributed by atoms with E-state index >= 15 is 0 Å². The third kappa shape index (κ3) is 3.53. The van der Waals surface area contributed by atoms with Gasteiger partial charge in [-0.25, -0.2) is 0 Å². The Kier molecular flexibility index (Phi) is 4.55. The maximum Gasteiger partial charge on any atom is 0.100 e. The molecule has 92 valence electrons. The van der Waals surface area contributed by atoms with Gasteiger partial charge in [0.05, 0.1) is 11.7 Å². The van der Waals surface area contributed by atoms with Crippen LogP contribution in [0.15, 0.2) is 11.4 Å². The van der Waals surface area contributed by atoms with Gasteiger partial charge in [-0.2, -0.15) is 5.26 Å². The van der Waals surface area contributed by atoms with Gasteiger partial charge in [0, 0.05) is 22.8 Å². The summed E-state index contributed by atoms with van der Waals surface area (Å²) < 4.78 is 0. The average molecular weight is 250 g/mol. The number of nitriles is 1. The first kappa shape index (κ1) is 12.6. The van der Waals surface area contributed by atoms with Crippen molar-refractivity contribution in [1.29, 1.82) is 5.26 Å². The molecule has 0 saturated heterocycles. The lowest BCUT2D eigenvalue weighted by Gasteiger charge is -2.21. The highest BCUT2D eigenvalue weighted by atomic mass is 32.1. The minimum absolute atomic E-state index is 0.213. The number of nitrogens with zero attached hydrogens (tertiary/aromatic N) is 1. The smallest absolute Gasteiger partial charge is 0.100 e. The van der Waals surface area contributed by atoms with Crippen LogP contribution in [0.1, 0.15) is 42.5 Å². The quantitative estimate of drug-likeness (QED) is 0.810. The summed E-state index contributed by atoms with van der Waals surface area (Å²) in [5.74, 6) is 0. The van der Waals surface area contributed by atoms with Crippen molar-refractivity contribution in [1.82, 2.24) is 5.32 Å². The maximum atomic E-state index is 9.97. The van der Waals surface area contributed by atoms with E-state index in [4.69, 9.17) is 5.26 Å². The number of aliphatic hydroxyl groups is 1. The van der Waals surface area contributed by atoms with Crippen molar-refractivity contribution in [2.45, 2.75) is 50.8 Å². The average Bonchev–Trinajstić information content (AvgIpc) is 2.70. The van der Waals surface area contributed by atoms with E-state index in [0.717, 1.165) is 36.2 Å². The summed E-state index contributed by atoms with van der Waals surface area (Å²) in [5, 5.41) is 24.0. The fourth-order valence-corrected chi connectivity index (χ4v) is 3.05. The molecule has 2 unspecified atom stereocenters. The Balaban J connectivity index is 1.86. The molecule has 1 saturated carbocycles. The van der Waals surface area contributed by atoms with Crippen LogP contribution < -0.4 is 5.32 Å². The molecule has 1 aliphatic carbocycles. The van der Waals surface area contributed by atoms with Gasteiger partial charge in [0.15, 0.2) is 0 Å². The van der Waals surface area contributed by atoms with E-state index in [1.54, 1.807) is 11.3 Å². The summed E-state index contributed by atoms with van der Waals surface area (Å²) in [6.45, 7) is 0.758. The second-order valence-corrected chi connectivity index (χ2v) is 5.60. The van der Waals surface area contributed by atoms with Crippen LogP contribution in [0, 0.1) is 11.3 Å². The van der Waals surface area contributed by atoms with Crippen LogP contribution in [-0.2, 0) is 6.54 Å². The van der Waals surface area contributed by atoms with Crippen molar-refractivity contribution in [3.63, 3.8) is 0 Å². The number of hydrogen-bond donors (Lipinski definition) is 2. The lowest BCUT2D eigenvalue weighted by Crippen LogP contribution is -2.38. The molecule has 0 amide bonds. The zero-order valence-corrected chi connectivity index (χ0v) is 10.7. The van der Waals surface area contributed by atoms with Gasteiger partial charge in [0.25, 0.3) is 0 Å². The van der Waals surface area contributed by atoms with Gasteiger partial charge < -0.3 is 10.4 Å². The van der Waals surface area contributed by atoms with Gasteiger partial charge in [-0.15, -0.1) is 11.3 Å². The van der Waals surface area contributed by atoms with Crippen molar-refractivity contribution in [2.75, 3.05) is 0 Å². The van der Waals surface area contributed by atoms with Gasteiger partial charge in [0.1, 0.15) is 6.07 Å². The predicted molar refractivity (Wildman–Crippen MR) is 68.8 cm³/mol. The van der Waals surface area contributed by atoms with E-state index in [9.17, 15) is 5.11 Å². The molecule has 1 aromatic heterocycles. The predicted octanol–water partition coefficient (Wildman–Crippen LogP) is 2.40. The first-order valence-electron chi connectivity index (χ1n) is 6.18. The van der Waals surface area contributed by atoms with Crippen LogP contribution >= 0.6 is 11.3 Å². The molecule has 2 rings (SSSR count). The topological polar surface area (TPSA) is 56.0 Å². The third-order valence-corrected chi connectivity index (χ3v) is 4.24. The molecule has 17 heavy (non-hydrogen) atoms. The summed E-state index contributed by atoms with van der Waals surface area (Å²) in [7, 11) is 0. The Bertz CT molecular complexity index is 396. The van der Waals surface area contributed by atoms with Gasteiger partial charge in [0.2, 0.25) is 0 Å². The number of nitrogens with one attached hydrogen (secondary N) is 1. The first-order chi connectivity index (χ1) is 8.29. The molecule has 1 heterocycles. The molecule has 0 aliphatic heterocycles. The Morgan fingerprint density at radius 2 is 2.24 bits per heavy atom. The van der Waals surface area contributed by atoms with Gasteiger partial charge in [-0.3, -0.25) is 0 Å². The minimum Gasteiger partial charge on any atom is -0.392 e. The number of rotatable bonds is 3. The fourth-order valence-electron chi connectivity index (χ4n) is 2.29. The highest BCUT2D eigenvalue weighted by molar-refractivity contribution is 7.10. The number of aliphatic hydroxyl groups excluding tert-OH is 1. The highest BCUT2D eigenvalue weighted by Crippen LogP contribution is 2.19. The second-order valence-electron chi connectivity index (χ2n) is 4.61. The lowest BCUT2D eigenvalue weighted by atomic mass is 10.1. The van der Waals surface area contributed by atoms with Crippen molar-refractivity contribution in [2.24, 2.45) is 0 Å². The van der Waals surface area contributed by atoms with E-state index in [1.807, 2.05) is 11.4 Å². The van der Waals surface area contributed by atoms with Crippen molar-refractivity contribution in [3.05, 3.63) is 21.9 Å². The molecule has 0 radical (unpaired) electrons. The molecule has 2 atom stereocenters. The minimum atomic E-state index is -0.215. The zero-order chi connectivity index (χ0) is 12.1. The first-order valence-corrected chi connectivity index (χ1v) is 7.06. The molecule has 2 N–H and O–H groups in total. The molecule has 0 bridgehead atoms. The van der Waals surface area contributed by atoms with Gasteiger partial charge >= 0.3 is 0 Å². The van der Waals surface area contributed by atoms with Crippen molar-refractivity contribution < 1.29 is 5.11 Å². The zero-order valence-electron chi connectivity index (χ0n) is 9.85. The Morgan fingerprint density at radius 1 is 1.41 bits per heavy atom. The van der Waals surface area contributed by atoms with E-state index in [-0.39, 0.29) is 12.1 Å². The molecule has 1 aromatic rings. The normalized spacial score (nSPS) is 25.2. The Hall–Kier alpha value is -0.890. The summed E-state index contributed by atoms with van der Waals surface area (Å²) in [5.41, 5.74) is 0.730. The van der Waals surface area contributed by atoms with Crippen molar-refractivity contribution in [3.8, 4) is 6.07 Å². The molecule has 4 heteroatoms. The van der Waals surface area contributed by atoms with Crippen LogP contribution in [0.5, 0.6) is 0 Å². The van der Waals surface area contributed by atoms with Crippen LogP contribution in [0.25, 0.3) is 0 Å². The summed E-state index contributed by atoms with van der Waals surface area (Å²) in [6.07, 6.45) is 5.31. The standard InChI is InChI=1S/C13H18N2OS/c14-7-10-6-11(17-9-10)8-15-12-4-2-1-3-5-13(12)16/h6,9,12-13,15-16H,1-5,8H2. The van der Waals surface area contributed by atoms with Crippen LogP contribution in [0.2, 0.25) is 0 Å². The lowest BCUT2D eigenvalue weighted by molar-refractivity contribution is 0.119. The molecule has 1 aliphatic rings. The number of hydrogen-bond acceptors (Lipinski definition) is 4. The van der Waals surface area contributed by atoms with Gasteiger partial charge in [-0.05, 0) is 18.9 Å². The van der Waals surface area contributed by atoms with Crippen LogP contribution in [-0.4, -0.2) is 17.3 Å². The Labute approximate surface area is 106 Å². The maximum absolute atomic E-state index is 9.97. The molecule has 1 fully saturated rings. The molecule has 0 aromatic carbocycles. The molecule has 3 nitrogen and oxygen atoms in total. The largest absolute Gasteiger partial charge is 0.392 e. The van der Waals surface area contributed by atoms with E-state index in [2.05, 4.69) is 11.4 Å². The fraction of sp³-hybridized carbons (Fsp3) is 0.615. The van der Waals surface area contributed by atoms with E-state index in [1.165, 1.54) is 12.8 Å². The molecular weight excluding hydrogens is 232 g/mol. The highest BCUT2D eigenvalue weighted by Gasteiger charge is 2.20. The monoisotopic (exact) mass is 250 g/mol. The third-order valence-electron chi connectivity index (χ3n) is 3.30. The molecule has 0 spiro atoms. The van der Waals surface area contributed by atoms with Crippen LogP contribution in [0.4, 0.5) is 0 Å². The van der Waals surface area contributed by atoms with Crippen molar-refractivity contribution >= 4 is 11.3 Å². The molecular formula is C13H18N2OS.